The standard InChI is InChI=1S/C14H21NO2/c1-14(17,13-5-3-2-4-6-13)11-15-8-7-12(9-15)10-16/h2-6,12,16-17H,7-11H2,1H3. The van der Waals surface area contributed by atoms with Crippen LogP contribution in [0, 0.1) is 5.92 Å². The van der Waals surface area contributed by atoms with Crippen LogP contribution in [0.4, 0.5) is 0 Å². The number of aliphatic hydroxyl groups is 2. The van der Waals surface area contributed by atoms with Crippen molar-refractivity contribution < 1.29 is 10.2 Å². The summed E-state index contributed by atoms with van der Waals surface area (Å²) < 4.78 is 0. The molecule has 94 valence electrons. The van der Waals surface area contributed by atoms with Gasteiger partial charge in [-0.3, -0.25) is 4.90 Å². The van der Waals surface area contributed by atoms with Crippen molar-refractivity contribution in [3.63, 3.8) is 0 Å². The lowest BCUT2D eigenvalue weighted by Gasteiger charge is -2.29. The summed E-state index contributed by atoms with van der Waals surface area (Å²) in [7, 11) is 0. The first-order chi connectivity index (χ1) is 8.12. The SMILES string of the molecule is CC(O)(CN1CCC(CO)C1)c1ccccc1. The molecule has 2 unspecified atom stereocenters. The molecule has 0 amide bonds. The van der Waals surface area contributed by atoms with Crippen LogP contribution in [0.25, 0.3) is 0 Å². The molecule has 17 heavy (non-hydrogen) atoms. The van der Waals surface area contributed by atoms with E-state index in [0.717, 1.165) is 25.1 Å². The van der Waals surface area contributed by atoms with Crippen molar-refractivity contribution >= 4 is 0 Å². The van der Waals surface area contributed by atoms with E-state index < -0.39 is 5.60 Å². The van der Waals surface area contributed by atoms with E-state index in [1.54, 1.807) is 0 Å². The zero-order valence-corrected chi connectivity index (χ0v) is 10.3. The molecule has 0 bridgehead atoms. The highest BCUT2D eigenvalue weighted by Crippen LogP contribution is 2.25. The maximum Gasteiger partial charge on any atom is 0.0994 e. The summed E-state index contributed by atoms with van der Waals surface area (Å²) in [5.41, 5.74) is 0.137. The summed E-state index contributed by atoms with van der Waals surface area (Å²) in [4.78, 5) is 2.23. The average Bonchev–Trinajstić information content (AvgIpc) is 2.77. The fraction of sp³-hybridized carbons (Fsp3) is 0.571. The van der Waals surface area contributed by atoms with E-state index in [-0.39, 0.29) is 6.61 Å². The predicted octanol–water partition coefficient (Wildman–Crippen LogP) is 1.21. The van der Waals surface area contributed by atoms with E-state index in [1.807, 2.05) is 37.3 Å². The van der Waals surface area contributed by atoms with Crippen LogP contribution in [0.5, 0.6) is 0 Å². The Bertz CT molecular complexity index is 350. The Labute approximate surface area is 103 Å². The van der Waals surface area contributed by atoms with Crippen LogP contribution in [0.3, 0.4) is 0 Å². The van der Waals surface area contributed by atoms with Crippen LogP contribution in [-0.4, -0.2) is 41.4 Å². The molecule has 2 N–H and O–H groups in total. The summed E-state index contributed by atoms with van der Waals surface area (Å²) in [5.74, 6) is 0.376. The van der Waals surface area contributed by atoms with Crippen LogP contribution >= 0.6 is 0 Å². The Morgan fingerprint density at radius 3 is 2.65 bits per heavy atom. The van der Waals surface area contributed by atoms with Gasteiger partial charge in [-0.25, -0.2) is 0 Å². The Hall–Kier alpha value is -0.900. The van der Waals surface area contributed by atoms with Gasteiger partial charge in [0.2, 0.25) is 0 Å². The molecule has 0 saturated carbocycles. The van der Waals surface area contributed by atoms with Gasteiger partial charge in [-0.2, -0.15) is 0 Å². The molecule has 2 atom stereocenters. The van der Waals surface area contributed by atoms with Gasteiger partial charge < -0.3 is 10.2 Å². The predicted molar refractivity (Wildman–Crippen MR) is 67.6 cm³/mol. The molecular weight excluding hydrogens is 214 g/mol. The van der Waals surface area contributed by atoms with Crippen LogP contribution < -0.4 is 0 Å². The van der Waals surface area contributed by atoms with Gasteiger partial charge in [0, 0.05) is 19.7 Å². The number of aliphatic hydroxyl groups excluding tert-OH is 1. The van der Waals surface area contributed by atoms with Crippen molar-refractivity contribution in [1.82, 2.24) is 4.90 Å². The van der Waals surface area contributed by atoms with E-state index in [1.165, 1.54) is 0 Å². The third-order valence-electron chi connectivity index (χ3n) is 3.56. The lowest BCUT2D eigenvalue weighted by molar-refractivity contribution is 0.0210. The maximum atomic E-state index is 10.5. The highest BCUT2D eigenvalue weighted by molar-refractivity contribution is 5.21. The molecule has 0 spiro atoms. The zero-order valence-electron chi connectivity index (χ0n) is 10.3. The Balaban J connectivity index is 1.98. The number of likely N-dealkylation sites (tertiary alicyclic amines) is 1. The number of hydrogen-bond donors (Lipinski definition) is 2. The van der Waals surface area contributed by atoms with Crippen molar-refractivity contribution in [3.8, 4) is 0 Å². The van der Waals surface area contributed by atoms with Crippen LogP contribution in [0.2, 0.25) is 0 Å². The van der Waals surface area contributed by atoms with Crippen molar-refractivity contribution in [2.45, 2.75) is 18.9 Å². The number of nitrogens with zero attached hydrogens (tertiary/aromatic N) is 1. The minimum atomic E-state index is -0.814. The summed E-state index contributed by atoms with van der Waals surface area (Å²) in [6.07, 6.45) is 1.03. The molecule has 1 aromatic carbocycles. The van der Waals surface area contributed by atoms with Gasteiger partial charge in [-0.1, -0.05) is 30.3 Å². The lowest BCUT2D eigenvalue weighted by Crippen LogP contribution is -2.37. The van der Waals surface area contributed by atoms with E-state index in [0.29, 0.717) is 12.5 Å². The van der Waals surface area contributed by atoms with Gasteiger partial charge in [0.25, 0.3) is 0 Å². The molecule has 1 aromatic rings. The normalized spacial score (nSPS) is 24.8. The molecule has 2 rings (SSSR count). The average molecular weight is 235 g/mol. The van der Waals surface area contributed by atoms with E-state index in [2.05, 4.69) is 4.90 Å². The van der Waals surface area contributed by atoms with E-state index in [9.17, 15) is 5.11 Å². The van der Waals surface area contributed by atoms with Gasteiger partial charge in [-0.05, 0) is 31.4 Å². The van der Waals surface area contributed by atoms with Crippen LogP contribution in [-0.2, 0) is 5.60 Å². The minimum absolute atomic E-state index is 0.254. The van der Waals surface area contributed by atoms with Gasteiger partial charge in [0.15, 0.2) is 0 Å². The summed E-state index contributed by atoms with van der Waals surface area (Å²) in [6.45, 7) is 4.60. The van der Waals surface area contributed by atoms with Gasteiger partial charge in [0.05, 0.1) is 5.60 Å². The van der Waals surface area contributed by atoms with Crippen molar-refractivity contribution in [2.75, 3.05) is 26.2 Å². The number of benzene rings is 1. The first-order valence-corrected chi connectivity index (χ1v) is 6.23. The van der Waals surface area contributed by atoms with Gasteiger partial charge >= 0.3 is 0 Å². The molecule has 1 aliphatic rings. The Kier molecular flexibility index (Phi) is 3.82. The molecule has 3 nitrogen and oxygen atoms in total. The molecular formula is C14H21NO2. The molecule has 1 aliphatic heterocycles. The second-order valence-electron chi connectivity index (χ2n) is 5.21. The Morgan fingerprint density at radius 2 is 2.06 bits per heavy atom. The zero-order chi connectivity index (χ0) is 12.3. The van der Waals surface area contributed by atoms with Crippen LogP contribution in [0.1, 0.15) is 18.9 Å². The van der Waals surface area contributed by atoms with Gasteiger partial charge in [0.1, 0.15) is 0 Å². The molecule has 1 heterocycles. The first-order valence-electron chi connectivity index (χ1n) is 6.23. The lowest BCUT2D eigenvalue weighted by atomic mass is 9.95. The summed E-state index contributed by atoms with van der Waals surface area (Å²) in [5, 5.41) is 19.6. The molecule has 1 fully saturated rings. The van der Waals surface area contributed by atoms with Gasteiger partial charge in [-0.15, -0.1) is 0 Å². The molecule has 0 radical (unpaired) electrons. The van der Waals surface area contributed by atoms with E-state index in [4.69, 9.17) is 5.11 Å². The number of rotatable bonds is 4. The second kappa shape index (κ2) is 5.17. The van der Waals surface area contributed by atoms with Crippen molar-refractivity contribution in [2.24, 2.45) is 5.92 Å². The monoisotopic (exact) mass is 235 g/mol. The molecule has 0 aromatic heterocycles. The Morgan fingerprint density at radius 1 is 1.35 bits per heavy atom. The largest absolute Gasteiger partial charge is 0.396 e. The fourth-order valence-corrected chi connectivity index (χ4v) is 2.53. The minimum Gasteiger partial charge on any atom is -0.396 e. The van der Waals surface area contributed by atoms with Crippen molar-refractivity contribution in [1.29, 1.82) is 0 Å². The molecule has 3 heteroatoms. The van der Waals surface area contributed by atoms with Crippen LogP contribution in [0.15, 0.2) is 30.3 Å². The number of β-amino-alcohol motifs (C(OH)–C–C–N with tert-alkyl or cyclic N) is 1. The highest BCUT2D eigenvalue weighted by atomic mass is 16.3. The third-order valence-corrected chi connectivity index (χ3v) is 3.56. The quantitative estimate of drug-likeness (QED) is 0.824. The summed E-state index contributed by atoms with van der Waals surface area (Å²) >= 11 is 0. The first kappa shape index (κ1) is 12.6. The van der Waals surface area contributed by atoms with Crippen molar-refractivity contribution in [3.05, 3.63) is 35.9 Å². The number of hydrogen-bond acceptors (Lipinski definition) is 3. The highest BCUT2D eigenvalue weighted by Gasteiger charge is 2.30. The molecule has 0 aliphatic carbocycles. The smallest absolute Gasteiger partial charge is 0.0994 e. The second-order valence-corrected chi connectivity index (χ2v) is 5.21. The van der Waals surface area contributed by atoms with E-state index >= 15 is 0 Å². The maximum absolute atomic E-state index is 10.5. The fourth-order valence-electron chi connectivity index (χ4n) is 2.53. The topological polar surface area (TPSA) is 43.7 Å². The summed E-state index contributed by atoms with van der Waals surface area (Å²) in [6, 6.07) is 9.77. The third kappa shape index (κ3) is 3.06. The molecule has 1 saturated heterocycles.